The van der Waals surface area contributed by atoms with Crippen LogP contribution in [0.15, 0.2) is 29.4 Å². The third kappa shape index (κ3) is 4.61. The number of hydrogen-bond acceptors (Lipinski definition) is 4. The van der Waals surface area contributed by atoms with Crippen LogP contribution < -0.4 is 10.5 Å². The van der Waals surface area contributed by atoms with Gasteiger partial charge in [-0.3, -0.25) is 4.79 Å². The summed E-state index contributed by atoms with van der Waals surface area (Å²) in [7, 11) is 1.60. The van der Waals surface area contributed by atoms with E-state index in [-0.39, 0.29) is 11.7 Å². The highest BCUT2D eigenvalue weighted by Crippen LogP contribution is 2.17. The van der Waals surface area contributed by atoms with Gasteiger partial charge in [-0.1, -0.05) is 12.1 Å². The molecule has 1 aliphatic heterocycles. The van der Waals surface area contributed by atoms with Gasteiger partial charge >= 0.3 is 0 Å². The molecule has 1 saturated heterocycles. The van der Waals surface area contributed by atoms with Gasteiger partial charge in [0.05, 0.1) is 7.11 Å². The summed E-state index contributed by atoms with van der Waals surface area (Å²) in [5, 5.41) is 3.89. The zero-order chi connectivity index (χ0) is 16.8. The van der Waals surface area contributed by atoms with Crippen molar-refractivity contribution in [2.24, 2.45) is 16.8 Å². The molecule has 6 heteroatoms. The van der Waals surface area contributed by atoms with Crippen LogP contribution in [0.4, 0.5) is 0 Å². The number of carbonyl (C=O) groups is 1. The highest BCUT2D eigenvalue weighted by Gasteiger charge is 2.25. The molecule has 2 rings (SSSR count). The average molecular weight is 319 g/mol. The Hall–Kier alpha value is -2.24. The van der Waals surface area contributed by atoms with Crippen molar-refractivity contribution < 1.29 is 14.4 Å². The minimum atomic E-state index is -0.639. The van der Waals surface area contributed by atoms with E-state index in [0.29, 0.717) is 5.92 Å². The van der Waals surface area contributed by atoms with Crippen molar-refractivity contribution in [1.29, 1.82) is 0 Å². The molecule has 0 saturated carbocycles. The van der Waals surface area contributed by atoms with Crippen LogP contribution in [0.3, 0.4) is 0 Å². The van der Waals surface area contributed by atoms with Gasteiger partial charge in [-0.25, -0.2) is 0 Å². The first-order valence-corrected chi connectivity index (χ1v) is 7.93. The number of amides is 1. The monoisotopic (exact) mass is 319 g/mol. The Balaban J connectivity index is 1.90. The van der Waals surface area contributed by atoms with Crippen molar-refractivity contribution in [3.8, 4) is 5.75 Å². The molecule has 1 aromatic carbocycles. The molecule has 1 unspecified atom stereocenters. The molecule has 1 fully saturated rings. The number of hydrogen-bond donors (Lipinski definition) is 1. The van der Waals surface area contributed by atoms with Gasteiger partial charge in [-0.15, -0.1) is 0 Å². The van der Waals surface area contributed by atoms with E-state index >= 15 is 0 Å². The maximum atomic E-state index is 12.3. The molecule has 0 aromatic heterocycles. The lowest BCUT2D eigenvalue weighted by Gasteiger charge is -2.31. The van der Waals surface area contributed by atoms with Crippen LogP contribution in [0.1, 0.15) is 32.3 Å². The molecular formula is C17H25N3O3. The fourth-order valence-electron chi connectivity index (χ4n) is 2.48. The smallest absolute Gasteiger partial charge is 0.266 e. The number of nitrogens with zero attached hydrogens (tertiary/aromatic N) is 2. The number of oxime groups is 1. The lowest BCUT2D eigenvalue weighted by molar-refractivity contribution is -0.143. The predicted octanol–water partition coefficient (Wildman–Crippen LogP) is 1.98. The van der Waals surface area contributed by atoms with Gasteiger partial charge < -0.3 is 20.2 Å². The first-order valence-electron chi connectivity index (χ1n) is 7.93. The van der Waals surface area contributed by atoms with Gasteiger partial charge in [0.15, 0.2) is 5.84 Å². The Morgan fingerprint density at radius 3 is 2.48 bits per heavy atom. The Morgan fingerprint density at radius 1 is 1.30 bits per heavy atom. The SMILES string of the molecule is COc1ccc(/C(N)=N/OC(C)C(=O)N2CCC(C)CC2)cc1. The number of carbonyl (C=O) groups excluding carboxylic acids is 1. The lowest BCUT2D eigenvalue weighted by atomic mass is 9.99. The third-order valence-corrected chi connectivity index (χ3v) is 4.14. The van der Waals surface area contributed by atoms with Gasteiger partial charge in [-0.2, -0.15) is 0 Å². The molecule has 2 N–H and O–H groups in total. The molecule has 1 atom stereocenters. The molecular weight excluding hydrogens is 294 g/mol. The van der Waals surface area contributed by atoms with Crippen molar-refractivity contribution in [2.45, 2.75) is 32.8 Å². The molecule has 126 valence electrons. The minimum Gasteiger partial charge on any atom is -0.497 e. The second kappa shape index (κ2) is 7.85. The Morgan fingerprint density at radius 2 is 1.91 bits per heavy atom. The molecule has 0 spiro atoms. The summed E-state index contributed by atoms with van der Waals surface area (Å²) in [6.07, 6.45) is 1.44. The van der Waals surface area contributed by atoms with Crippen molar-refractivity contribution >= 4 is 11.7 Å². The van der Waals surface area contributed by atoms with Crippen LogP contribution in [0.5, 0.6) is 5.75 Å². The molecule has 1 aliphatic rings. The summed E-state index contributed by atoms with van der Waals surface area (Å²) in [6, 6.07) is 7.17. The van der Waals surface area contributed by atoms with Crippen molar-refractivity contribution in [3.05, 3.63) is 29.8 Å². The molecule has 0 aliphatic carbocycles. The van der Waals surface area contributed by atoms with Gasteiger partial charge in [-0.05, 0) is 49.9 Å². The molecule has 1 aromatic rings. The Labute approximate surface area is 137 Å². The largest absolute Gasteiger partial charge is 0.497 e. The Bertz CT molecular complexity index is 549. The number of nitrogens with two attached hydrogens (primary N) is 1. The predicted molar refractivity (Wildman–Crippen MR) is 89.2 cm³/mol. The van der Waals surface area contributed by atoms with Crippen molar-refractivity contribution in [1.82, 2.24) is 4.90 Å². The quantitative estimate of drug-likeness (QED) is 0.511. The lowest BCUT2D eigenvalue weighted by Crippen LogP contribution is -2.43. The van der Waals surface area contributed by atoms with Gasteiger partial charge in [0.1, 0.15) is 5.75 Å². The molecule has 23 heavy (non-hydrogen) atoms. The number of benzene rings is 1. The highest BCUT2D eigenvalue weighted by atomic mass is 16.6. The van der Waals surface area contributed by atoms with Crippen LogP contribution in [-0.2, 0) is 9.63 Å². The Kier molecular flexibility index (Phi) is 5.84. The first-order chi connectivity index (χ1) is 11.0. The highest BCUT2D eigenvalue weighted by molar-refractivity contribution is 5.97. The topological polar surface area (TPSA) is 77.1 Å². The second-order valence-electron chi connectivity index (χ2n) is 5.96. The van der Waals surface area contributed by atoms with E-state index in [1.54, 1.807) is 38.3 Å². The van der Waals surface area contributed by atoms with E-state index in [0.717, 1.165) is 37.2 Å². The summed E-state index contributed by atoms with van der Waals surface area (Å²) in [5.74, 6) is 1.62. The number of piperidine rings is 1. The second-order valence-corrected chi connectivity index (χ2v) is 5.96. The van der Waals surface area contributed by atoms with E-state index in [9.17, 15) is 4.79 Å². The van der Waals surface area contributed by atoms with Crippen LogP contribution in [0, 0.1) is 5.92 Å². The fraction of sp³-hybridized carbons (Fsp3) is 0.529. The van der Waals surface area contributed by atoms with Crippen LogP contribution in [0.2, 0.25) is 0 Å². The van der Waals surface area contributed by atoms with Gasteiger partial charge in [0.2, 0.25) is 6.10 Å². The minimum absolute atomic E-state index is 0.0387. The molecule has 1 amide bonds. The van der Waals surface area contributed by atoms with Gasteiger partial charge in [0.25, 0.3) is 5.91 Å². The normalized spacial score (nSPS) is 17.7. The van der Waals surface area contributed by atoms with Crippen LogP contribution >= 0.6 is 0 Å². The van der Waals surface area contributed by atoms with Crippen LogP contribution in [-0.4, -0.2) is 42.9 Å². The molecule has 0 radical (unpaired) electrons. The van der Waals surface area contributed by atoms with E-state index in [4.69, 9.17) is 15.3 Å². The summed E-state index contributed by atoms with van der Waals surface area (Å²) in [5.41, 5.74) is 6.61. The summed E-state index contributed by atoms with van der Waals surface area (Å²) < 4.78 is 5.09. The number of rotatable bonds is 5. The summed E-state index contributed by atoms with van der Waals surface area (Å²) in [6.45, 7) is 5.48. The van der Waals surface area contributed by atoms with E-state index < -0.39 is 6.10 Å². The summed E-state index contributed by atoms with van der Waals surface area (Å²) >= 11 is 0. The van der Waals surface area contributed by atoms with Crippen LogP contribution in [0.25, 0.3) is 0 Å². The summed E-state index contributed by atoms with van der Waals surface area (Å²) in [4.78, 5) is 19.4. The van der Waals surface area contributed by atoms with E-state index in [1.807, 2.05) is 4.90 Å². The zero-order valence-corrected chi connectivity index (χ0v) is 14.0. The van der Waals surface area contributed by atoms with Crippen molar-refractivity contribution in [3.63, 3.8) is 0 Å². The molecule has 6 nitrogen and oxygen atoms in total. The maximum absolute atomic E-state index is 12.3. The third-order valence-electron chi connectivity index (χ3n) is 4.14. The van der Waals surface area contributed by atoms with Gasteiger partial charge in [0, 0.05) is 18.7 Å². The number of ether oxygens (including phenoxy) is 1. The number of methoxy groups -OCH3 is 1. The zero-order valence-electron chi connectivity index (χ0n) is 14.0. The standard InChI is InChI=1S/C17H25N3O3/c1-12-8-10-20(11-9-12)17(21)13(2)23-19-16(18)14-4-6-15(22-3)7-5-14/h4-7,12-13H,8-11H2,1-3H3,(H2,18,19). The average Bonchev–Trinajstić information content (AvgIpc) is 2.59. The number of likely N-dealkylation sites (tertiary alicyclic amines) is 1. The fourth-order valence-corrected chi connectivity index (χ4v) is 2.48. The van der Waals surface area contributed by atoms with E-state index in [2.05, 4.69) is 12.1 Å². The van der Waals surface area contributed by atoms with E-state index in [1.165, 1.54) is 0 Å². The molecule has 0 bridgehead atoms. The maximum Gasteiger partial charge on any atom is 0.266 e. The molecule has 1 heterocycles. The first kappa shape index (κ1) is 17.1. The number of amidine groups is 1. The van der Waals surface area contributed by atoms with Crippen molar-refractivity contribution in [2.75, 3.05) is 20.2 Å².